The van der Waals surface area contributed by atoms with Crippen LogP contribution >= 0.6 is 11.8 Å². The van der Waals surface area contributed by atoms with Crippen molar-refractivity contribution in [1.82, 2.24) is 24.5 Å². The Labute approximate surface area is 125 Å². The van der Waals surface area contributed by atoms with E-state index in [4.69, 9.17) is 0 Å². The predicted molar refractivity (Wildman–Crippen MR) is 77.1 cm³/mol. The molecule has 3 rings (SSSR count). The molecule has 112 valence electrons. The van der Waals surface area contributed by atoms with Crippen LogP contribution in [0.4, 0.5) is 5.69 Å². The SMILES string of the molecule is CC(C)n1c(SCn2cc([N+](=O)[O-])cn2)nnc1C1CC1. The van der Waals surface area contributed by atoms with Crippen molar-refractivity contribution in [2.75, 3.05) is 0 Å². The molecule has 21 heavy (non-hydrogen) atoms. The van der Waals surface area contributed by atoms with E-state index >= 15 is 0 Å². The van der Waals surface area contributed by atoms with Crippen LogP contribution in [-0.4, -0.2) is 29.5 Å². The summed E-state index contributed by atoms with van der Waals surface area (Å²) in [5, 5.41) is 24.0. The highest BCUT2D eigenvalue weighted by Crippen LogP contribution is 2.41. The minimum absolute atomic E-state index is 0.000374. The highest BCUT2D eigenvalue weighted by molar-refractivity contribution is 7.98. The first-order chi connectivity index (χ1) is 10.1. The monoisotopic (exact) mass is 308 g/mol. The van der Waals surface area contributed by atoms with Gasteiger partial charge in [0.25, 0.3) is 0 Å². The van der Waals surface area contributed by atoms with Crippen molar-refractivity contribution in [3.8, 4) is 0 Å². The minimum atomic E-state index is -0.448. The van der Waals surface area contributed by atoms with Gasteiger partial charge in [0.1, 0.15) is 18.2 Å². The third-order valence-corrected chi connectivity index (χ3v) is 4.24. The molecule has 1 saturated carbocycles. The molecule has 0 bridgehead atoms. The Morgan fingerprint density at radius 2 is 2.24 bits per heavy atom. The second-order valence-electron chi connectivity index (χ2n) is 5.35. The lowest BCUT2D eigenvalue weighted by atomic mass is 10.3. The van der Waals surface area contributed by atoms with Crippen molar-refractivity contribution in [2.45, 2.75) is 49.7 Å². The summed E-state index contributed by atoms with van der Waals surface area (Å²) >= 11 is 1.49. The topological polar surface area (TPSA) is 91.7 Å². The van der Waals surface area contributed by atoms with Crippen LogP contribution in [0.25, 0.3) is 0 Å². The first-order valence-corrected chi connectivity index (χ1v) is 7.79. The zero-order valence-electron chi connectivity index (χ0n) is 11.8. The number of aromatic nitrogens is 5. The van der Waals surface area contributed by atoms with Gasteiger partial charge in [-0.25, -0.2) is 0 Å². The Morgan fingerprint density at radius 1 is 1.48 bits per heavy atom. The molecule has 0 spiro atoms. The quantitative estimate of drug-likeness (QED) is 0.463. The molecule has 2 aromatic heterocycles. The number of thioether (sulfide) groups is 1. The van der Waals surface area contributed by atoms with Gasteiger partial charge in [-0.1, -0.05) is 11.8 Å². The van der Waals surface area contributed by atoms with Gasteiger partial charge in [-0.2, -0.15) is 5.10 Å². The van der Waals surface area contributed by atoms with Crippen LogP contribution in [0.1, 0.15) is 44.5 Å². The molecule has 0 unspecified atom stereocenters. The lowest BCUT2D eigenvalue weighted by Gasteiger charge is -2.13. The van der Waals surface area contributed by atoms with E-state index in [1.54, 1.807) is 4.68 Å². The Bertz CT molecular complexity index is 661. The van der Waals surface area contributed by atoms with Crippen molar-refractivity contribution < 1.29 is 4.92 Å². The normalized spacial score (nSPS) is 14.8. The molecule has 1 aliphatic carbocycles. The summed E-state index contributed by atoms with van der Waals surface area (Å²) in [4.78, 5) is 10.2. The van der Waals surface area contributed by atoms with Gasteiger partial charge in [0, 0.05) is 12.0 Å². The Hall–Kier alpha value is -1.90. The fourth-order valence-corrected chi connectivity index (χ4v) is 3.06. The molecule has 2 aromatic rings. The summed E-state index contributed by atoms with van der Waals surface area (Å²) in [5.74, 6) is 2.07. The smallest absolute Gasteiger partial charge is 0.303 e. The summed E-state index contributed by atoms with van der Waals surface area (Å²) in [5.41, 5.74) is -0.000374. The van der Waals surface area contributed by atoms with Gasteiger partial charge in [-0.05, 0) is 26.7 Å². The largest absolute Gasteiger partial charge is 0.307 e. The van der Waals surface area contributed by atoms with Gasteiger partial charge in [0.2, 0.25) is 0 Å². The van der Waals surface area contributed by atoms with Crippen LogP contribution in [0.15, 0.2) is 17.6 Å². The Morgan fingerprint density at radius 3 is 2.81 bits per heavy atom. The second kappa shape index (κ2) is 5.47. The molecule has 0 atom stereocenters. The van der Waals surface area contributed by atoms with Crippen LogP contribution in [0.3, 0.4) is 0 Å². The summed E-state index contributed by atoms with van der Waals surface area (Å²) in [6.07, 6.45) is 5.04. The van der Waals surface area contributed by atoms with Gasteiger partial charge in [0.15, 0.2) is 5.16 Å². The molecule has 0 aliphatic heterocycles. The highest BCUT2D eigenvalue weighted by Gasteiger charge is 2.31. The maximum absolute atomic E-state index is 10.6. The molecule has 1 fully saturated rings. The maximum atomic E-state index is 10.6. The first kappa shape index (κ1) is 14.1. The van der Waals surface area contributed by atoms with E-state index < -0.39 is 4.92 Å². The molecule has 8 nitrogen and oxygen atoms in total. The van der Waals surface area contributed by atoms with Crippen LogP contribution in [0, 0.1) is 10.1 Å². The zero-order valence-corrected chi connectivity index (χ0v) is 12.7. The lowest BCUT2D eigenvalue weighted by Crippen LogP contribution is -2.07. The van der Waals surface area contributed by atoms with E-state index in [2.05, 4.69) is 33.7 Å². The number of nitrogens with zero attached hydrogens (tertiary/aromatic N) is 6. The van der Waals surface area contributed by atoms with E-state index in [0.29, 0.717) is 17.8 Å². The van der Waals surface area contributed by atoms with Gasteiger partial charge in [-0.15, -0.1) is 10.2 Å². The van der Waals surface area contributed by atoms with E-state index in [-0.39, 0.29) is 5.69 Å². The molecule has 0 N–H and O–H groups in total. The zero-order chi connectivity index (χ0) is 15.0. The van der Waals surface area contributed by atoms with Gasteiger partial charge >= 0.3 is 5.69 Å². The number of hydrogen-bond donors (Lipinski definition) is 0. The fourth-order valence-electron chi connectivity index (χ4n) is 2.13. The second-order valence-corrected chi connectivity index (χ2v) is 6.26. The van der Waals surface area contributed by atoms with Gasteiger partial charge in [0.05, 0.1) is 10.8 Å². The van der Waals surface area contributed by atoms with E-state index in [1.165, 1.54) is 37.0 Å². The molecular formula is C12H16N6O2S. The van der Waals surface area contributed by atoms with Crippen LogP contribution in [0.2, 0.25) is 0 Å². The first-order valence-electron chi connectivity index (χ1n) is 6.80. The number of rotatable bonds is 6. The van der Waals surface area contributed by atoms with E-state index in [0.717, 1.165) is 11.0 Å². The van der Waals surface area contributed by atoms with Crippen molar-refractivity contribution in [3.63, 3.8) is 0 Å². The van der Waals surface area contributed by atoms with Crippen LogP contribution in [-0.2, 0) is 5.88 Å². The fraction of sp³-hybridized carbons (Fsp3) is 0.583. The van der Waals surface area contributed by atoms with Crippen molar-refractivity contribution in [3.05, 3.63) is 28.3 Å². The summed E-state index contributed by atoms with van der Waals surface area (Å²) < 4.78 is 3.69. The minimum Gasteiger partial charge on any atom is -0.303 e. The third-order valence-electron chi connectivity index (χ3n) is 3.31. The molecule has 0 aromatic carbocycles. The average Bonchev–Trinajstić information content (AvgIpc) is 3.02. The molecule has 0 saturated heterocycles. The molecule has 0 amide bonds. The standard InChI is InChI=1S/C12H16N6O2S/c1-8(2)17-11(9-3-4-9)14-15-12(17)21-7-16-6-10(5-13-16)18(19)20/h5-6,8-9H,3-4,7H2,1-2H3. The van der Waals surface area contributed by atoms with E-state index in [9.17, 15) is 10.1 Å². The van der Waals surface area contributed by atoms with Crippen LogP contribution in [0.5, 0.6) is 0 Å². The maximum Gasteiger partial charge on any atom is 0.307 e. The molecule has 0 radical (unpaired) electrons. The molecule has 2 heterocycles. The third kappa shape index (κ3) is 2.92. The number of nitro groups is 1. The molecule has 1 aliphatic rings. The molecular weight excluding hydrogens is 292 g/mol. The van der Waals surface area contributed by atoms with Crippen LogP contribution < -0.4 is 0 Å². The average molecular weight is 308 g/mol. The summed E-state index contributed by atoms with van der Waals surface area (Å²) in [6, 6.07) is 0.296. The number of hydrogen-bond acceptors (Lipinski definition) is 6. The summed E-state index contributed by atoms with van der Waals surface area (Å²) in [7, 11) is 0. The van der Waals surface area contributed by atoms with Gasteiger partial charge < -0.3 is 4.57 Å². The predicted octanol–water partition coefficient (Wildman–Crippen LogP) is 2.59. The lowest BCUT2D eigenvalue weighted by molar-refractivity contribution is -0.385. The Balaban J connectivity index is 1.73. The van der Waals surface area contributed by atoms with Crippen molar-refractivity contribution >= 4 is 17.4 Å². The van der Waals surface area contributed by atoms with E-state index in [1.807, 2.05) is 0 Å². The summed E-state index contributed by atoms with van der Waals surface area (Å²) in [6.45, 7) is 4.22. The van der Waals surface area contributed by atoms with Crippen molar-refractivity contribution in [2.24, 2.45) is 0 Å². The molecule has 9 heteroatoms. The highest BCUT2D eigenvalue weighted by atomic mass is 32.2. The van der Waals surface area contributed by atoms with Gasteiger partial charge in [-0.3, -0.25) is 14.8 Å². The van der Waals surface area contributed by atoms with Crippen molar-refractivity contribution in [1.29, 1.82) is 0 Å². The Kier molecular flexibility index (Phi) is 3.66.